The lowest BCUT2D eigenvalue weighted by Gasteiger charge is -2.10. The van der Waals surface area contributed by atoms with Crippen molar-refractivity contribution < 1.29 is 8.78 Å². The van der Waals surface area contributed by atoms with Gasteiger partial charge in [0.1, 0.15) is 0 Å². The van der Waals surface area contributed by atoms with Crippen molar-refractivity contribution in [3.8, 4) is 0 Å². The van der Waals surface area contributed by atoms with Crippen LogP contribution in [-0.2, 0) is 6.54 Å². The second-order valence-electron chi connectivity index (χ2n) is 3.74. The van der Waals surface area contributed by atoms with Crippen LogP contribution in [0.15, 0.2) is 48.1 Å². The Morgan fingerprint density at radius 2 is 2.21 bits per heavy atom. The van der Waals surface area contributed by atoms with Crippen LogP contribution < -0.4 is 5.32 Å². The predicted octanol–water partition coefficient (Wildman–Crippen LogP) is 3.91. The van der Waals surface area contributed by atoms with Crippen LogP contribution in [0.5, 0.6) is 0 Å². The van der Waals surface area contributed by atoms with E-state index in [1.807, 2.05) is 12.3 Å². The van der Waals surface area contributed by atoms with Gasteiger partial charge in [0, 0.05) is 35.1 Å². The molecule has 1 heterocycles. The van der Waals surface area contributed by atoms with Crippen molar-refractivity contribution in [3.63, 3.8) is 0 Å². The van der Waals surface area contributed by atoms with Crippen LogP contribution >= 0.6 is 11.8 Å². The fourth-order valence-corrected chi connectivity index (χ4v) is 2.19. The monoisotopic (exact) mass is 281 g/mol. The minimum Gasteiger partial charge on any atom is -0.380 e. The van der Waals surface area contributed by atoms with Gasteiger partial charge in [-0.25, -0.2) is 4.68 Å². The minimum atomic E-state index is -2.42. The third-order valence-corrected chi connectivity index (χ3v) is 3.22. The summed E-state index contributed by atoms with van der Waals surface area (Å²) in [6.45, 7) is 4.13. The second-order valence-corrected chi connectivity index (χ2v) is 4.77. The van der Waals surface area contributed by atoms with E-state index in [1.165, 1.54) is 0 Å². The van der Waals surface area contributed by atoms with Gasteiger partial charge in [0.05, 0.1) is 6.20 Å². The number of thioether (sulfide) groups is 1. The van der Waals surface area contributed by atoms with Crippen molar-refractivity contribution in [1.82, 2.24) is 9.78 Å². The first-order valence-electron chi connectivity index (χ1n) is 5.62. The fourth-order valence-electron chi connectivity index (χ4n) is 1.58. The topological polar surface area (TPSA) is 29.9 Å². The molecular formula is C13H13F2N3S. The van der Waals surface area contributed by atoms with Gasteiger partial charge in [-0.3, -0.25) is 0 Å². The van der Waals surface area contributed by atoms with E-state index in [1.54, 1.807) is 35.3 Å². The Morgan fingerprint density at radius 3 is 2.89 bits per heavy atom. The summed E-state index contributed by atoms with van der Waals surface area (Å²) in [5.41, 5.74) is 1.65. The van der Waals surface area contributed by atoms with E-state index in [2.05, 4.69) is 17.0 Å². The number of halogens is 2. The highest BCUT2D eigenvalue weighted by Crippen LogP contribution is 2.31. The molecule has 0 aliphatic rings. The van der Waals surface area contributed by atoms with Gasteiger partial charge in [0.25, 0.3) is 5.76 Å². The van der Waals surface area contributed by atoms with Crippen LogP contribution in [0.25, 0.3) is 6.20 Å². The number of alkyl halides is 2. The quantitative estimate of drug-likeness (QED) is 0.814. The van der Waals surface area contributed by atoms with E-state index in [0.29, 0.717) is 28.9 Å². The highest BCUT2D eigenvalue weighted by atomic mass is 32.2. The van der Waals surface area contributed by atoms with Gasteiger partial charge in [-0.15, -0.1) is 0 Å². The lowest BCUT2D eigenvalue weighted by atomic mass is 10.3. The molecule has 0 bridgehead atoms. The zero-order valence-electron chi connectivity index (χ0n) is 10.1. The van der Waals surface area contributed by atoms with Gasteiger partial charge in [-0.05, 0) is 12.1 Å². The number of anilines is 1. The molecule has 1 aromatic heterocycles. The molecular weight excluding hydrogens is 268 g/mol. The molecule has 0 radical (unpaired) electrons. The molecule has 6 heteroatoms. The highest BCUT2D eigenvalue weighted by Gasteiger charge is 2.09. The SMILES string of the molecule is C=Cn1cc(CNc2ccccc2SC(F)F)cn1. The molecule has 0 saturated carbocycles. The molecule has 0 aliphatic carbocycles. The Bertz CT molecular complexity index is 554. The van der Waals surface area contributed by atoms with Gasteiger partial charge in [0.15, 0.2) is 0 Å². The molecule has 0 fully saturated rings. The third kappa shape index (κ3) is 3.82. The standard InChI is InChI=1S/C13H13F2N3S/c1-2-18-9-10(8-17-18)7-16-11-5-3-4-6-12(11)19-13(14)15/h2-6,8-9,13,16H,1,7H2. The zero-order chi connectivity index (χ0) is 13.7. The molecule has 1 N–H and O–H groups in total. The van der Waals surface area contributed by atoms with E-state index < -0.39 is 5.76 Å². The molecule has 100 valence electrons. The molecule has 0 amide bonds. The number of hydrogen-bond donors (Lipinski definition) is 1. The first kappa shape index (κ1) is 13.6. The van der Waals surface area contributed by atoms with Crippen LogP contribution in [-0.4, -0.2) is 15.5 Å². The summed E-state index contributed by atoms with van der Waals surface area (Å²) >= 11 is 0.537. The molecule has 19 heavy (non-hydrogen) atoms. The number of nitrogens with one attached hydrogen (secondary N) is 1. The van der Waals surface area contributed by atoms with Gasteiger partial charge in [0.2, 0.25) is 0 Å². The Kier molecular flexibility index (Phi) is 4.57. The molecule has 0 atom stereocenters. The summed E-state index contributed by atoms with van der Waals surface area (Å²) in [4.78, 5) is 0.536. The Morgan fingerprint density at radius 1 is 1.42 bits per heavy atom. The van der Waals surface area contributed by atoms with Gasteiger partial charge >= 0.3 is 0 Å². The first-order chi connectivity index (χ1) is 9.19. The van der Waals surface area contributed by atoms with Crippen LogP contribution in [0.4, 0.5) is 14.5 Å². The largest absolute Gasteiger partial charge is 0.380 e. The number of benzene rings is 1. The van der Waals surface area contributed by atoms with Crippen LogP contribution in [0.2, 0.25) is 0 Å². The molecule has 0 spiro atoms. The van der Waals surface area contributed by atoms with E-state index in [0.717, 1.165) is 5.56 Å². The van der Waals surface area contributed by atoms with E-state index in [9.17, 15) is 8.78 Å². The highest BCUT2D eigenvalue weighted by molar-refractivity contribution is 7.99. The van der Waals surface area contributed by atoms with Crippen molar-refractivity contribution >= 4 is 23.6 Å². The normalized spacial score (nSPS) is 10.7. The number of aromatic nitrogens is 2. The Balaban J connectivity index is 2.04. The van der Waals surface area contributed by atoms with Crippen molar-refractivity contribution in [1.29, 1.82) is 0 Å². The number of nitrogens with zero attached hydrogens (tertiary/aromatic N) is 2. The third-order valence-electron chi connectivity index (χ3n) is 2.43. The number of rotatable bonds is 6. The summed E-state index contributed by atoms with van der Waals surface area (Å²) in [5.74, 6) is -2.42. The van der Waals surface area contributed by atoms with Gasteiger partial charge in [-0.1, -0.05) is 30.5 Å². The maximum Gasteiger partial charge on any atom is 0.288 e. The van der Waals surface area contributed by atoms with E-state index in [-0.39, 0.29) is 0 Å². The first-order valence-corrected chi connectivity index (χ1v) is 6.50. The van der Waals surface area contributed by atoms with E-state index >= 15 is 0 Å². The Labute approximate surface area is 114 Å². The molecule has 2 rings (SSSR count). The molecule has 2 aromatic rings. The van der Waals surface area contributed by atoms with Crippen LogP contribution in [0.3, 0.4) is 0 Å². The van der Waals surface area contributed by atoms with Gasteiger partial charge in [-0.2, -0.15) is 13.9 Å². The zero-order valence-corrected chi connectivity index (χ0v) is 10.9. The lowest BCUT2D eigenvalue weighted by molar-refractivity contribution is 0.252. The summed E-state index contributed by atoms with van der Waals surface area (Å²) in [7, 11) is 0. The molecule has 3 nitrogen and oxygen atoms in total. The van der Waals surface area contributed by atoms with E-state index in [4.69, 9.17) is 0 Å². The molecule has 0 unspecified atom stereocenters. The maximum atomic E-state index is 12.4. The van der Waals surface area contributed by atoms with Crippen LogP contribution in [0, 0.1) is 0 Å². The lowest BCUT2D eigenvalue weighted by Crippen LogP contribution is -2.00. The average Bonchev–Trinajstić information content (AvgIpc) is 2.85. The summed E-state index contributed by atoms with van der Waals surface area (Å²) in [6.07, 6.45) is 5.12. The number of hydrogen-bond acceptors (Lipinski definition) is 3. The fraction of sp³-hybridized carbons (Fsp3) is 0.154. The van der Waals surface area contributed by atoms with Crippen molar-refractivity contribution in [3.05, 3.63) is 48.8 Å². The summed E-state index contributed by atoms with van der Waals surface area (Å²) in [5, 5.41) is 7.18. The smallest absolute Gasteiger partial charge is 0.288 e. The van der Waals surface area contributed by atoms with Gasteiger partial charge < -0.3 is 5.32 Å². The van der Waals surface area contributed by atoms with Crippen molar-refractivity contribution in [2.24, 2.45) is 0 Å². The number of para-hydroxylation sites is 1. The van der Waals surface area contributed by atoms with Crippen molar-refractivity contribution in [2.75, 3.05) is 5.32 Å². The maximum absolute atomic E-state index is 12.4. The summed E-state index contributed by atoms with van der Waals surface area (Å²) < 4.78 is 26.4. The second kappa shape index (κ2) is 6.38. The Hall–Kier alpha value is -1.82. The molecule has 0 saturated heterocycles. The minimum absolute atomic E-state index is 0.522. The average molecular weight is 281 g/mol. The summed E-state index contributed by atoms with van der Waals surface area (Å²) in [6, 6.07) is 7.01. The molecule has 0 aliphatic heterocycles. The molecule has 1 aromatic carbocycles. The van der Waals surface area contributed by atoms with Crippen LogP contribution in [0.1, 0.15) is 5.56 Å². The van der Waals surface area contributed by atoms with Crippen molar-refractivity contribution in [2.45, 2.75) is 17.2 Å². The predicted molar refractivity (Wildman–Crippen MR) is 74.2 cm³/mol.